The van der Waals surface area contributed by atoms with Crippen molar-refractivity contribution in [3.8, 4) is 0 Å². The minimum Gasteiger partial charge on any atom is -0.273 e. The van der Waals surface area contributed by atoms with Crippen LogP contribution < -0.4 is 5.43 Å². The minimum atomic E-state index is -0.00874. The summed E-state index contributed by atoms with van der Waals surface area (Å²) < 4.78 is 0.731. The van der Waals surface area contributed by atoms with E-state index in [4.69, 9.17) is 11.6 Å². The van der Waals surface area contributed by atoms with Crippen LogP contribution in [0.15, 0.2) is 17.2 Å². The van der Waals surface area contributed by atoms with Gasteiger partial charge in [-0.2, -0.15) is 5.10 Å². The Kier molecular flexibility index (Phi) is 9.35. The molecule has 0 aliphatic heterocycles. The maximum atomic E-state index is 11.7. The topological polar surface area (TPSA) is 41.5 Å². The van der Waals surface area contributed by atoms with Crippen LogP contribution in [0.4, 0.5) is 0 Å². The van der Waals surface area contributed by atoms with Crippen LogP contribution in [-0.2, 0) is 4.79 Å². The first-order valence-electron chi connectivity index (χ1n) is 7.72. The van der Waals surface area contributed by atoms with Gasteiger partial charge < -0.3 is 0 Å². The van der Waals surface area contributed by atoms with Crippen LogP contribution in [0.3, 0.4) is 0 Å². The van der Waals surface area contributed by atoms with Crippen LogP contribution >= 0.6 is 22.9 Å². The lowest BCUT2D eigenvalue weighted by atomic mass is 10.1. The maximum absolute atomic E-state index is 11.7. The third kappa shape index (κ3) is 8.22. The lowest BCUT2D eigenvalue weighted by molar-refractivity contribution is -0.121. The van der Waals surface area contributed by atoms with Crippen molar-refractivity contribution in [1.82, 2.24) is 5.43 Å². The Labute approximate surface area is 136 Å². The molecule has 0 saturated heterocycles. The van der Waals surface area contributed by atoms with Gasteiger partial charge in [-0.1, -0.05) is 57.0 Å². The van der Waals surface area contributed by atoms with Crippen LogP contribution in [0.25, 0.3) is 0 Å². The van der Waals surface area contributed by atoms with Crippen molar-refractivity contribution in [3.63, 3.8) is 0 Å². The van der Waals surface area contributed by atoms with Gasteiger partial charge in [-0.15, -0.1) is 11.3 Å². The van der Waals surface area contributed by atoms with Crippen LogP contribution in [0.1, 0.15) is 70.1 Å². The molecule has 0 bridgehead atoms. The fourth-order valence-electron chi connectivity index (χ4n) is 2.01. The highest BCUT2D eigenvalue weighted by Crippen LogP contribution is 2.21. The van der Waals surface area contributed by atoms with E-state index >= 15 is 0 Å². The normalized spacial score (nSPS) is 11.7. The quantitative estimate of drug-likeness (QED) is 0.349. The molecule has 0 aliphatic rings. The number of nitrogens with zero attached hydrogens (tertiary/aromatic N) is 1. The summed E-state index contributed by atoms with van der Waals surface area (Å²) in [5, 5.41) is 4.12. The molecule has 0 radical (unpaired) electrons. The van der Waals surface area contributed by atoms with Crippen LogP contribution in [0, 0.1) is 0 Å². The highest BCUT2D eigenvalue weighted by molar-refractivity contribution is 7.18. The summed E-state index contributed by atoms with van der Waals surface area (Å²) in [6, 6.07) is 3.75. The molecule has 0 saturated carbocycles. The molecule has 21 heavy (non-hydrogen) atoms. The molecule has 1 aromatic rings. The van der Waals surface area contributed by atoms with Gasteiger partial charge in [0.25, 0.3) is 0 Å². The fraction of sp³-hybridized carbons (Fsp3) is 0.625. The molecule has 0 atom stereocenters. The molecule has 1 heterocycles. The average molecular weight is 329 g/mol. The zero-order valence-electron chi connectivity index (χ0n) is 13.0. The van der Waals surface area contributed by atoms with E-state index in [0.717, 1.165) is 27.8 Å². The third-order valence-corrected chi connectivity index (χ3v) is 4.63. The number of nitrogens with one attached hydrogen (secondary N) is 1. The van der Waals surface area contributed by atoms with Crippen molar-refractivity contribution in [2.45, 2.75) is 65.2 Å². The van der Waals surface area contributed by atoms with Crippen molar-refractivity contribution in [3.05, 3.63) is 21.3 Å². The largest absolute Gasteiger partial charge is 0.273 e. The minimum absolute atomic E-state index is 0.00874. The van der Waals surface area contributed by atoms with E-state index in [0.29, 0.717) is 6.42 Å². The highest BCUT2D eigenvalue weighted by atomic mass is 35.5. The molecule has 118 valence electrons. The molecule has 3 nitrogen and oxygen atoms in total. The van der Waals surface area contributed by atoms with E-state index in [9.17, 15) is 4.79 Å². The second kappa shape index (κ2) is 10.8. The van der Waals surface area contributed by atoms with Crippen molar-refractivity contribution in [2.24, 2.45) is 5.10 Å². The molecule has 0 aromatic carbocycles. The fourth-order valence-corrected chi connectivity index (χ4v) is 3.00. The molecule has 0 aliphatic carbocycles. The first-order valence-corrected chi connectivity index (χ1v) is 8.91. The summed E-state index contributed by atoms with van der Waals surface area (Å²) >= 11 is 7.33. The molecule has 0 spiro atoms. The molecule has 0 unspecified atom stereocenters. The van der Waals surface area contributed by atoms with E-state index in [1.807, 2.05) is 19.1 Å². The van der Waals surface area contributed by atoms with Crippen molar-refractivity contribution in [1.29, 1.82) is 0 Å². The smallest absolute Gasteiger partial charge is 0.240 e. The van der Waals surface area contributed by atoms with Gasteiger partial charge in [0.05, 0.1) is 14.9 Å². The predicted molar refractivity (Wildman–Crippen MR) is 92.3 cm³/mol. The van der Waals surface area contributed by atoms with Crippen molar-refractivity contribution >= 4 is 34.6 Å². The summed E-state index contributed by atoms with van der Waals surface area (Å²) in [4.78, 5) is 12.7. The van der Waals surface area contributed by atoms with E-state index in [1.165, 1.54) is 43.4 Å². The lowest BCUT2D eigenvalue weighted by Crippen LogP contribution is -2.18. The number of hydrogen-bond donors (Lipinski definition) is 1. The Morgan fingerprint density at radius 2 is 1.86 bits per heavy atom. The van der Waals surface area contributed by atoms with Gasteiger partial charge >= 0.3 is 0 Å². The zero-order valence-corrected chi connectivity index (χ0v) is 14.5. The van der Waals surface area contributed by atoms with Crippen molar-refractivity contribution < 1.29 is 4.79 Å². The molecular weight excluding hydrogens is 304 g/mol. The first-order chi connectivity index (χ1) is 10.1. The van der Waals surface area contributed by atoms with E-state index in [1.54, 1.807) is 0 Å². The van der Waals surface area contributed by atoms with Gasteiger partial charge in [0.1, 0.15) is 0 Å². The Balaban J connectivity index is 2.13. The van der Waals surface area contributed by atoms with Crippen LogP contribution in [0.5, 0.6) is 0 Å². The Bertz CT molecular complexity index is 457. The van der Waals surface area contributed by atoms with Crippen LogP contribution in [0.2, 0.25) is 4.34 Å². The number of rotatable bonds is 10. The number of unbranched alkanes of at least 4 members (excludes halogenated alkanes) is 6. The third-order valence-electron chi connectivity index (χ3n) is 3.29. The zero-order chi connectivity index (χ0) is 15.5. The summed E-state index contributed by atoms with van der Waals surface area (Å²) in [6.07, 6.45) is 9.04. The molecule has 1 aromatic heterocycles. The van der Waals surface area contributed by atoms with Crippen molar-refractivity contribution in [2.75, 3.05) is 0 Å². The summed E-state index contributed by atoms with van der Waals surface area (Å²) in [5.41, 5.74) is 3.41. The number of thiophene rings is 1. The second-order valence-corrected chi connectivity index (χ2v) is 6.92. The molecule has 1 amide bonds. The van der Waals surface area contributed by atoms with Crippen LogP contribution in [-0.4, -0.2) is 11.6 Å². The summed E-state index contributed by atoms with van der Waals surface area (Å²) in [6.45, 7) is 4.09. The number of carbonyl (C=O) groups is 1. The maximum Gasteiger partial charge on any atom is 0.240 e. The summed E-state index contributed by atoms with van der Waals surface area (Å²) in [5.74, 6) is -0.00874. The van der Waals surface area contributed by atoms with Gasteiger partial charge in [-0.3, -0.25) is 4.79 Å². The van der Waals surface area contributed by atoms with E-state index in [-0.39, 0.29) is 5.91 Å². The van der Waals surface area contributed by atoms with Gasteiger partial charge in [-0.25, -0.2) is 5.43 Å². The molecule has 5 heteroatoms. The van der Waals surface area contributed by atoms with Gasteiger partial charge in [0, 0.05) is 6.42 Å². The van der Waals surface area contributed by atoms with Gasteiger partial charge in [-0.05, 0) is 25.5 Å². The molecule has 1 N–H and O–H groups in total. The van der Waals surface area contributed by atoms with Gasteiger partial charge in [0.15, 0.2) is 0 Å². The highest BCUT2D eigenvalue weighted by Gasteiger charge is 2.03. The van der Waals surface area contributed by atoms with E-state index < -0.39 is 0 Å². The Morgan fingerprint density at radius 1 is 1.19 bits per heavy atom. The Hall–Kier alpha value is -0.870. The monoisotopic (exact) mass is 328 g/mol. The number of carbonyl (C=O) groups excluding carboxylic acids is 1. The number of halogens is 1. The van der Waals surface area contributed by atoms with E-state index in [2.05, 4.69) is 17.5 Å². The lowest BCUT2D eigenvalue weighted by Gasteiger charge is -2.02. The first kappa shape index (κ1) is 18.2. The average Bonchev–Trinajstić information content (AvgIpc) is 2.90. The standard InChI is InChI=1S/C16H25ClN2OS/c1-3-4-5-6-7-8-9-10-16(20)19-18-13(2)14-11-12-15(17)21-14/h11-12H,3-10H2,1-2H3,(H,19,20). The molecular formula is C16H25ClN2OS. The number of amides is 1. The number of hydrazone groups is 1. The Morgan fingerprint density at radius 3 is 2.48 bits per heavy atom. The SMILES string of the molecule is CCCCCCCCCC(=O)NN=C(C)c1ccc(Cl)s1. The number of hydrogen-bond acceptors (Lipinski definition) is 3. The molecule has 1 rings (SSSR count). The second-order valence-electron chi connectivity index (χ2n) is 5.21. The summed E-state index contributed by atoms with van der Waals surface area (Å²) in [7, 11) is 0. The van der Waals surface area contributed by atoms with Gasteiger partial charge in [0.2, 0.25) is 5.91 Å². The molecule has 0 fully saturated rings. The predicted octanol–water partition coefficient (Wildman–Crippen LogP) is 5.38.